The molecule has 0 heterocycles. The topological polar surface area (TPSA) is 102 Å². The summed E-state index contributed by atoms with van der Waals surface area (Å²) in [6, 6.07) is 6.38. The van der Waals surface area contributed by atoms with Crippen LogP contribution < -0.4 is 10.0 Å². The fourth-order valence-electron chi connectivity index (χ4n) is 2.83. The van der Waals surface area contributed by atoms with Gasteiger partial charge in [0.15, 0.2) is 6.61 Å². The summed E-state index contributed by atoms with van der Waals surface area (Å²) in [5.74, 6) is -0.477. The summed E-state index contributed by atoms with van der Waals surface area (Å²) < 4.78 is 31.2. The number of carbonyl (C=O) groups is 2. The maximum atomic E-state index is 12.1. The van der Waals surface area contributed by atoms with Crippen molar-refractivity contribution in [3.8, 4) is 0 Å². The minimum absolute atomic E-state index is 0.0696. The summed E-state index contributed by atoms with van der Waals surface area (Å²) in [4.78, 5) is 23.6. The Hall–Kier alpha value is -1.93. The van der Waals surface area contributed by atoms with E-state index in [9.17, 15) is 18.0 Å². The highest BCUT2D eigenvalue weighted by atomic mass is 32.2. The molecule has 1 aromatic carbocycles. The lowest BCUT2D eigenvalue weighted by atomic mass is 9.87. The van der Waals surface area contributed by atoms with Crippen LogP contribution in [-0.4, -0.2) is 39.5 Å². The molecule has 0 aromatic heterocycles. The third-order valence-corrected chi connectivity index (χ3v) is 5.90. The Labute approximate surface area is 154 Å². The summed E-state index contributed by atoms with van der Waals surface area (Å²) in [7, 11) is -3.79. The molecule has 1 saturated carbocycles. The summed E-state index contributed by atoms with van der Waals surface area (Å²) in [6.07, 6.45) is 4.01. The number of carbonyl (C=O) groups excluding carboxylic acids is 2. The van der Waals surface area contributed by atoms with Crippen LogP contribution in [0.5, 0.6) is 0 Å². The molecular formula is C18H26N2O5S. The maximum absolute atomic E-state index is 12.1. The van der Waals surface area contributed by atoms with Gasteiger partial charge in [-0.1, -0.05) is 24.6 Å². The molecule has 8 heteroatoms. The Kier molecular flexibility index (Phi) is 7.16. The second kappa shape index (κ2) is 9.14. The first-order valence-corrected chi connectivity index (χ1v) is 10.3. The molecule has 7 nitrogen and oxygen atoms in total. The standard InChI is InChI=1S/C18H26N2O5S/c1-13-3-7-15(8-4-13)20-17(21)12-25-18(22)11-19-26(23,24)16-9-5-14(2)6-10-16/h5-6,9-10,13,15,19H,3-4,7-8,11-12H2,1-2H3,(H,20,21). The van der Waals surface area contributed by atoms with E-state index in [1.807, 2.05) is 6.92 Å². The van der Waals surface area contributed by atoms with Crippen molar-refractivity contribution in [1.82, 2.24) is 10.0 Å². The summed E-state index contributed by atoms with van der Waals surface area (Å²) in [6.45, 7) is 3.11. The molecule has 0 saturated heterocycles. The highest BCUT2D eigenvalue weighted by Gasteiger charge is 2.21. The zero-order chi connectivity index (χ0) is 19.2. The Morgan fingerprint density at radius 1 is 1.12 bits per heavy atom. The van der Waals surface area contributed by atoms with Crippen molar-refractivity contribution < 1.29 is 22.7 Å². The largest absolute Gasteiger partial charge is 0.455 e. The number of esters is 1. The van der Waals surface area contributed by atoms with Crippen LogP contribution in [0.4, 0.5) is 0 Å². The molecule has 1 aromatic rings. The van der Waals surface area contributed by atoms with Crippen LogP contribution in [0.2, 0.25) is 0 Å². The average Bonchev–Trinajstić information content (AvgIpc) is 2.61. The van der Waals surface area contributed by atoms with Gasteiger partial charge in [0.2, 0.25) is 10.0 Å². The fraction of sp³-hybridized carbons (Fsp3) is 0.556. The zero-order valence-corrected chi connectivity index (χ0v) is 16.0. The highest BCUT2D eigenvalue weighted by Crippen LogP contribution is 2.23. The van der Waals surface area contributed by atoms with Gasteiger partial charge in [-0.25, -0.2) is 8.42 Å². The maximum Gasteiger partial charge on any atom is 0.321 e. The van der Waals surface area contributed by atoms with Crippen LogP contribution in [0, 0.1) is 12.8 Å². The van der Waals surface area contributed by atoms with E-state index in [1.54, 1.807) is 12.1 Å². The third-order valence-electron chi connectivity index (χ3n) is 4.48. The van der Waals surface area contributed by atoms with E-state index >= 15 is 0 Å². The van der Waals surface area contributed by atoms with Gasteiger partial charge in [0.25, 0.3) is 5.91 Å². The Morgan fingerprint density at radius 2 is 1.73 bits per heavy atom. The second-order valence-corrected chi connectivity index (χ2v) is 8.59. The van der Waals surface area contributed by atoms with Gasteiger partial charge in [0, 0.05) is 6.04 Å². The number of hydrogen-bond donors (Lipinski definition) is 2. The van der Waals surface area contributed by atoms with Crippen molar-refractivity contribution in [2.75, 3.05) is 13.2 Å². The fourth-order valence-corrected chi connectivity index (χ4v) is 3.79. The third kappa shape index (κ3) is 6.42. The smallest absolute Gasteiger partial charge is 0.321 e. The molecule has 1 fully saturated rings. The highest BCUT2D eigenvalue weighted by molar-refractivity contribution is 7.89. The van der Waals surface area contributed by atoms with Crippen LogP contribution in [0.15, 0.2) is 29.2 Å². The van der Waals surface area contributed by atoms with Crippen LogP contribution in [0.1, 0.15) is 38.2 Å². The van der Waals surface area contributed by atoms with Gasteiger partial charge in [-0.3, -0.25) is 9.59 Å². The van der Waals surface area contributed by atoms with Gasteiger partial charge in [-0.05, 0) is 50.7 Å². The molecule has 2 rings (SSSR count). The van der Waals surface area contributed by atoms with E-state index in [0.717, 1.165) is 31.2 Å². The molecule has 0 spiro atoms. The quantitative estimate of drug-likeness (QED) is 0.696. The van der Waals surface area contributed by atoms with Crippen LogP contribution in [-0.2, 0) is 24.3 Å². The molecule has 26 heavy (non-hydrogen) atoms. The first-order valence-electron chi connectivity index (χ1n) is 8.77. The van der Waals surface area contributed by atoms with Gasteiger partial charge < -0.3 is 10.1 Å². The van der Waals surface area contributed by atoms with Gasteiger partial charge in [0.05, 0.1) is 4.90 Å². The van der Waals surface area contributed by atoms with Crippen LogP contribution >= 0.6 is 0 Å². The SMILES string of the molecule is Cc1ccc(S(=O)(=O)NCC(=O)OCC(=O)NC2CCC(C)CC2)cc1. The summed E-state index contributed by atoms with van der Waals surface area (Å²) >= 11 is 0. The van der Waals surface area contributed by atoms with Gasteiger partial charge in [0.1, 0.15) is 6.54 Å². The normalized spacial score (nSPS) is 20.4. The van der Waals surface area contributed by atoms with Crippen molar-refractivity contribution in [1.29, 1.82) is 0 Å². The Bertz CT molecular complexity index is 722. The number of sulfonamides is 1. The lowest BCUT2D eigenvalue weighted by molar-refractivity contribution is -0.147. The average molecular weight is 382 g/mol. The van der Waals surface area contributed by atoms with E-state index in [4.69, 9.17) is 4.74 Å². The number of rotatable bonds is 7. The molecule has 0 bridgehead atoms. The number of amides is 1. The second-order valence-electron chi connectivity index (χ2n) is 6.82. The molecular weight excluding hydrogens is 356 g/mol. The zero-order valence-electron chi connectivity index (χ0n) is 15.2. The van der Waals surface area contributed by atoms with Crippen molar-refractivity contribution >= 4 is 21.9 Å². The molecule has 0 aliphatic heterocycles. The predicted octanol–water partition coefficient (Wildman–Crippen LogP) is 1.51. The van der Waals surface area contributed by atoms with Crippen molar-refractivity contribution in [3.63, 3.8) is 0 Å². The van der Waals surface area contributed by atoms with Crippen molar-refractivity contribution in [2.45, 2.75) is 50.5 Å². The minimum Gasteiger partial charge on any atom is -0.455 e. The van der Waals surface area contributed by atoms with Crippen molar-refractivity contribution in [2.24, 2.45) is 5.92 Å². The van der Waals surface area contributed by atoms with E-state index < -0.39 is 29.1 Å². The lowest BCUT2D eigenvalue weighted by Crippen LogP contribution is -2.40. The predicted molar refractivity (Wildman–Crippen MR) is 96.9 cm³/mol. The molecule has 0 atom stereocenters. The van der Waals surface area contributed by atoms with E-state index in [1.165, 1.54) is 12.1 Å². The molecule has 0 radical (unpaired) electrons. The molecule has 1 aliphatic rings. The van der Waals surface area contributed by atoms with E-state index in [2.05, 4.69) is 17.0 Å². The molecule has 1 aliphatic carbocycles. The summed E-state index contributed by atoms with van der Waals surface area (Å²) in [5, 5.41) is 2.84. The lowest BCUT2D eigenvalue weighted by Gasteiger charge is -2.26. The molecule has 1 amide bonds. The molecule has 0 unspecified atom stereocenters. The van der Waals surface area contributed by atoms with Crippen molar-refractivity contribution in [3.05, 3.63) is 29.8 Å². The van der Waals surface area contributed by atoms with Gasteiger partial charge in [-0.2, -0.15) is 4.72 Å². The van der Waals surface area contributed by atoms with Crippen LogP contribution in [0.3, 0.4) is 0 Å². The Balaban J connectivity index is 1.71. The molecule has 144 valence electrons. The number of ether oxygens (including phenoxy) is 1. The number of aryl methyl sites for hydroxylation is 1. The number of nitrogens with one attached hydrogen (secondary N) is 2. The van der Waals surface area contributed by atoms with E-state index in [0.29, 0.717) is 5.92 Å². The number of benzene rings is 1. The first-order chi connectivity index (χ1) is 12.3. The summed E-state index contributed by atoms with van der Waals surface area (Å²) in [5.41, 5.74) is 0.932. The Morgan fingerprint density at radius 3 is 2.35 bits per heavy atom. The van der Waals surface area contributed by atoms with Crippen LogP contribution in [0.25, 0.3) is 0 Å². The van der Waals surface area contributed by atoms with Gasteiger partial charge in [-0.15, -0.1) is 0 Å². The molecule has 2 N–H and O–H groups in total. The monoisotopic (exact) mass is 382 g/mol. The van der Waals surface area contributed by atoms with Gasteiger partial charge >= 0.3 is 5.97 Å². The number of hydrogen-bond acceptors (Lipinski definition) is 5. The van der Waals surface area contributed by atoms with E-state index in [-0.39, 0.29) is 16.8 Å². The minimum atomic E-state index is -3.79. The first kappa shape index (κ1) is 20.4.